The number of aryl methyl sites for hydroxylation is 2. The third-order valence-electron chi connectivity index (χ3n) is 6.08. The second kappa shape index (κ2) is 6.48. The Hall–Kier alpha value is -1.69. The highest BCUT2D eigenvalue weighted by atomic mass is 32.1. The lowest BCUT2D eigenvalue weighted by Crippen LogP contribution is -2.37. The third kappa shape index (κ3) is 2.79. The summed E-state index contributed by atoms with van der Waals surface area (Å²) in [5.74, 6) is 2.71. The van der Waals surface area contributed by atoms with Gasteiger partial charge in [-0.1, -0.05) is 0 Å². The number of fused-ring (bicyclic) bond motifs is 3. The molecule has 2 fully saturated rings. The highest BCUT2D eigenvalue weighted by Crippen LogP contribution is 2.44. The first-order valence-corrected chi connectivity index (χ1v) is 10.7. The van der Waals surface area contributed by atoms with Gasteiger partial charge in [-0.05, 0) is 56.9 Å². The first kappa shape index (κ1) is 16.5. The Morgan fingerprint density at radius 2 is 1.88 bits per heavy atom. The average Bonchev–Trinajstić information content (AvgIpc) is 3.47. The zero-order chi connectivity index (χ0) is 17.7. The number of rotatable bonds is 3. The summed E-state index contributed by atoms with van der Waals surface area (Å²) in [6.07, 6.45) is 9.06. The van der Waals surface area contributed by atoms with Crippen LogP contribution in [0.3, 0.4) is 0 Å². The minimum absolute atomic E-state index is 0.0351. The monoisotopic (exact) mass is 371 g/mol. The Kier molecular flexibility index (Phi) is 4.11. The van der Waals surface area contributed by atoms with Gasteiger partial charge in [0.05, 0.1) is 18.4 Å². The van der Waals surface area contributed by atoms with E-state index in [2.05, 4.69) is 4.90 Å². The van der Waals surface area contributed by atoms with Gasteiger partial charge < -0.3 is 9.64 Å². The predicted octanol–water partition coefficient (Wildman–Crippen LogP) is 3.84. The van der Waals surface area contributed by atoms with Gasteiger partial charge in [-0.2, -0.15) is 0 Å². The number of piperidine rings is 1. The maximum Gasteiger partial charge on any atom is 0.308 e. The van der Waals surface area contributed by atoms with Crippen molar-refractivity contribution in [2.24, 2.45) is 5.92 Å². The molecule has 5 rings (SSSR count). The van der Waals surface area contributed by atoms with Crippen LogP contribution < -0.4 is 4.90 Å². The van der Waals surface area contributed by atoms with E-state index < -0.39 is 0 Å². The number of aromatic nitrogens is 2. The fourth-order valence-corrected chi connectivity index (χ4v) is 5.66. The maximum atomic E-state index is 11.9. The number of hydrogen-bond acceptors (Lipinski definition) is 6. The van der Waals surface area contributed by atoms with E-state index in [1.807, 2.05) is 11.3 Å². The topological polar surface area (TPSA) is 55.3 Å². The lowest BCUT2D eigenvalue weighted by Gasteiger charge is -2.32. The highest BCUT2D eigenvalue weighted by Gasteiger charge is 2.32. The molecule has 2 aromatic heterocycles. The number of hydrogen-bond donors (Lipinski definition) is 0. The Morgan fingerprint density at radius 3 is 2.62 bits per heavy atom. The van der Waals surface area contributed by atoms with Crippen LogP contribution in [-0.4, -0.2) is 36.1 Å². The summed E-state index contributed by atoms with van der Waals surface area (Å²) in [6.45, 7) is 1.75. The molecule has 26 heavy (non-hydrogen) atoms. The molecule has 2 aliphatic carbocycles. The van der Waals surface area contributed by atoms with Gasteiger partial charge >= 0.3 is 5.97 Å². The SMILES string of the molecule is COC(=O)C1CCN(c2nc(C3CC3)nc3sc4c(c23)CCCC4)CC1. The molecular weight excluding hydrogens is 346 g/mol. The fourth-order valence-electron chi connectivity index (χ4n) is 4.40. The average molecular weight is 372 g/mol. The van der Waals surface area contributed by atoms with E-state index in [1.165, 1.54) is 59.9 Å². The standard InChI is InChI=1S/C20H25N3O2S/c1-25-20(24)13-8-10-23(11-9-13)18-16-14-4-2-3-5-15(14)26-19(16)22-17(21-18)12-6-7-12/h12-13H,2-11H2,1H3. The number of thiophene rings is 1. The molecule has 0 amide bonds. The fraction of sp³-hybridized carbons (Fsp3) is 0.650. The normalized spacial score (nSPS) is 21.0. The number of carbonyl (C=O) groups excluding carboxylic acids is 1. The summed E-state index contributed by atoms with van der Waals surface area (Å²) < 4.78 is 4.94. The van der Waals surface area contributed by atoms with E-state index >= 15 is 0 Å². The van der Waals surface area contributed by atoms with Crippen molar-refractivity contribution < 1.29 is 9.53 Å². The van der Waals surface area contributed by atoms with E-state index in [9.17, 15) is 4.79 Å². The van der Waals surface area contributed by atoms with E-state index in [4.69, 9.17) is 14.7 Å². The second-order valence-corrected chi connectivity index (χ2v) is 8.94. The van der Waals surface area contributed by atoms with Gasteiger partial charge in [0.1, 0.15) is 16.5 Å². The van der Waals surface area contributed by atoms with Crippen molar-refractivity contribution in [3.63, 3.8) is 0 Å². The van der Waals surface area contributed by atoms with Crippen LogP contribution >= 0.6 is 11.3 Å². The van der Waals surface area contributed by atoms with Crippen molar-refractivity contribution in [2.75, 3.05) is 25.1 Å². The van der Waals surface area contributed by atoms with Crippen LogP contribution in [0.25, 0.3) is 10.2 Å². The minimum Gasteiger partial charge on any atom is -0.469 e. The molecule has 2 aromatic rings. The zero-order valence-corrected chi connectivity index (χ0v) is 16.1. The van der Waals surface area contributed by atoms with Crippen LogP contribution in [-0.2, 0) is 22.4 Å². The molecule has 3 heterocycles. The van der Waals surface area contributed by atoms with Gasteiger partial charge in [0, 0.05) is 23.9 Å². The van der Waals surface area contributed by atoms with Crippen LogP contribution in [0.1, 0.15) is 60.7 Å². The molecule has 0 N–H and O–H groups in total. The molecule has 5 nitrogen and oxygen atoms in total. The van der Waals surface area contributed by atoms with E-state index in [0.717, 1.165) is 44.0 Å². The van der Waals surface area contributed by atoms with Gasteiger partial charge in [0.2, 0.25) is 0 Å². The first-order chi connectivity index (χ1) is 12.7. The lowest BCUT2D eigenvalue weighted by molar-refractivity contribution is -0.146. The molecule has 138 valence electrons. The summed E-state index contributed by atoms with van der Waals surface area (Å²) in [7, 11) is 1.49. The van der Waals surface area contributed by atoms with Crippen molar-refractivity contribution >= 4 is 33.3 Å². The van der Waals surface area contributed by atoms with Gasteiger partial charge in [0.15, 0.2) is 0 Å². The summed E-state index contributed by atoms with van der Waals surface area (Å²) in [6, 6.07) is 0. The zero-order valence-electron chi connectivity index (χ0n) is 15.3. The number of methoxy groups -OCH3 is 1. The van der Waals surface area contributed by atoms with E-state index in [-0.39, 0.29) is 11.9 Å². The molecule has 0 radical (unpaired) electrons. The quantitative estimate of drug-likeness (QED) is 0.768. The summed E-state index contributed by atoms with van der Waals surface area (Å²) in [4.78, 5) is 27.0. The van der Waals surface area contributed by atoms with Crippen LogP contribution in [0.15, 0.2) is 0 Å². The smallest absolute Gasteiger partial charge is 0.308 e. The molecule has 1 saturated heterocycles. The van der Waals surface area contributed by atoms with Crippen LogP contribution in [0.4, 0.5) is 5.82 Å². The van der Waals surface area contributed by atoms with Crippen molar-refractivity contribution in [3.05, 3.63) is 16.3 Å². The molecule has 0 unspecified atom stereocenters. The Bertz CT molecular complexity index is 850. The molecule has 3 aliphatic rings. The summed E-state index contributed by atoms with van der Waals surface area (Å²) in [5, 5.41) is 1.31. The number of carbonyl (C=O) groups is 1. The molecular formula is C20H25N3O2S. The predicted molar refractivity (Wildman–Crippen MR) is 103 cm³/mol. The molecule has 0 spiro atoms. The number of ether oxygens (including phenoxy) is 1. The van der Waals surface area contributed by atoms with Gasteiger partial charge in [-0.3, -0.25) is 4.79 Å². The van der Waals surface area contributed by atoms with E-state index in [1.54, 1.807) is 0 Å². The summed E-state index contributed by atoms with van der Waals surface area (Å²) in [5.41, 5.74) is 1.50. The highest BCUT2D eigenvalue weighted by molar-refractivity contribution is 7.19. The number of esters is 1. The van der Waals surface area contributed by atoms with Crippen molar-refractivity contribution in [3.8, 4) is 0 Å². The second-order valence-electron chi connectivity index (χ2n) is 7.86. The molecule has 0 bridgehead atoms. The van der Waals surface area contributed by atoms with Gasteiger partial charge in [-0.25, -0.2) is 9.97 Å². The van der Waals surface area contributed by atoms with Gasteiger partial charge in [-0.15, -0.1) is 11.3 Å². The largest absolute Gasteiger partial charge is 0.469 e. The Labute approximate surface area is 157 Å². The minimum atomic E-state index is -0.0657. The number of anilines is 1. The van der Waals surface area contributed by atoms with E-state index in [0.29, 0.717) is 5.92 Å². The number of nitrogens with zero attached hydrogens (tertiary/aromatic N) is 3. The van der Waals surface area contributed by atoms with Gasteiger partial charge in [0.25, 0.3) is 0 Å². The van der Waals surface area contributed by atoms with Crippen LogP contribution in [0.5, 0.6) is 0 Å². The van der Waals surface area contributed by atoms with Crippen LogP contribution in [0.2, 0.25) is 0 Å². The molecule has 1 aliphatic heterocycles. The van der Waals surface area contributed by atoms with Crippen molar-refractivity contribution in [2.45, 2.75) is 57.3 Å². The van der Waals surface area contributed by atoms with Crippen molar-refractivity contribution in [1.82, 2.24) is 9.97 Å². The van der Waals surface area contributed by atoms with Crippen LogP contribution in [0, 0.1) is 5.92 Å². The molecule has 0 atom stereocenters. The first-order valence-electron chi connectivity index (χ1n) is 9.89. The summed E-state index contributed by atoms with van der Waals surface area (Å²) >= 11 is 1.89. The lowest BCUT2D eigenvalue weighted by atomic mass is 9.95. The molecule has 0 aromatic carbocycles. The third-order valence-corrected chi connectivity index (χ3v) is 7.27. The Balaban J connectivity index is 1.53. The Morgan fingerprint density at radius 1 is 1.12 bits per heavy atom. The molecule has 1 saturated carbocycles. The molecule has 6 heteroatoms. The van der Waals surface area contributed by atoms with Crippen molar-refractivity contribution in [1.29, 1.82) is 0 Å². The maximum absolute atomic E-state index is 11.9.